The van der Waals surface area contributed by atoms with E-state index in [1.54, 1.807) is 5.38 Å². The Hall–Kier alpha value is -4.70. The van der Waals surface area contributed by atoms with Gasteiger partial charge in [0.2, 0.25) is 11.5 Å². The largest absolute Gasteiger partial charge is 0.493 e. The van der Waals surface area contributed by atoms with Gasteiger partial charge < -0.3 is 19.2 Å². The lowest BCUT2D eigenvalue weighted by molar-refractivity contribution is 0.103. The fourth-order valence-corrected chi connectivity index (χ4v) is 3.99. The van der Waals surface area contributed by atoms with E-state index in [1.807, 2.05) is 30.5 Å². The monoisotopic (exact) mass is 476 g/mol. The van der Waals surface area contributed by atoms with Gasteiger partial charge in [-0.15, -0.1) is 11.3 Å². The van der Waals surface area contributed by atoms with Crippen LogP contribution < -0.4 is 14.2 Å². The number of methoxy groups -OCH3 is 1. The number of nitrogens with zero attached hydrogens (tertiary/aromatic N) is 7. The zero-order valence-electron chi connectivity index (χ0n) is 17.7. The van der Waals surface area contributed by atoms with Crippen LogP contribution in [0.2, 0.25) is 0 Å². The topological polar surface area (TPSA) is 171 Å². The van der Waals surface area contributed by atoms with Gasteiger partial charge in [0.25, 0.3) is 0 Å². The minimum atomic E-state index is -0.362. The number of benzene rings is 2. The molecule has 0 saturated carbocycles. The first kappa shape index (κ1) is 22.5. The van der Waals surface area contributed by atoms with Crippen LogP contribution in [0, 0.1) is 0 Å². The Kier molecular flexibility index (Phi) is 6.80. The molecule has 34 heavy (non-hydrogen) atoms. The van der Waals surface area contributed by atoms with Gasteiger partial charge in [-0.25, -0.2) is 4.98 Å². The van der Waals surface area contributed by atoms with Crippen molar-refractivity contribution in [3.05, 3.63) is 80.1 Å². The summed E-state index contributed by atoms with van der Waals surface area (Å²) in [7, 11) is 1.39. The number of aromatic nitrogens is 2. The van der Waals surface area contributed by atoms with Crippen LogP contribution in [-0.4, -0.2) is 36.3 Å². The van der Waals surface area contributed by atoms with Gasteiger partial charge in [-0.3, -0.25) is 4.79 Å². The van der Waals surface area contributed by atoms with Crippen molar-refractivity contribution < 1.29 is 19.0 Å². The van der Waals surface area contributed by atoms with Crippen LogP contribution in [0.4, 0.5) is 0 Å². The van der Waals surface area contributed by atoms with Crippen molar-refractivity contribution in [2.75, 3.05) is 20.6 Å². The van der Waals surface area contributed by atoms with E-state index in [0.29, 0.717) is 5.01 Å². The third-order valence-electron chi connectivity index (χ3n) is 4.71. The molecule has 170 valence electrons. The summed E-state index contributed by atoms with van der Waals surface area (Å²) in [5, 5.41) is 10.1. The smallest absolute Gasteiger partial charge is 0.212 e. The summed E-state index contributed by atoms with van der Waals surface area (Å²) in [6.45, 7) is -0.684. The number of rotatable bonds is 10. The van der Waals surface area contributed by atoms with Gasteiger partial charge in [-0.1, -0.05) is 10.2 Å². The number of azide groups is 2. The molecule has 0 unspecified atom stereocenters. The normalized spacial score (nSPS) is 10.3. The summed E-state index contributed by atoms with van der Waals surface area (Å²) >= 11 is 1.35. The predicted octanol–water partition coefficient (Wildman–Crippen LogP) is 5.82. The highest BCUT2D eigenvalue weighted by Gasteiger charge is 2.21. The molecule has 0 fully saturated rings. The number of ether oxygens (including phenoxy) is 3. The summed E-state index contributed by atoms with van der Waals surface area (Å²) in [4.78, 5) is 26.1. The van der Waals surface area contributed by atoms with Crippen LogP contribution >= 0.6 is 11.3 Å². The summed E-state index contributed by atoms with van der Waals surface area (Å²) < 4.78 is 16.2. The predicted molar refractivity (Wildman–Crippen MR) is 125 cm³/mol. The SMILES string of the molecule is COc1cc(C(=O)c2csc(-c3ccc4[nH]ccc4c3)n2)cc(OCN=[N+]=[N-])c1OCN=[N+]=[N-]. The summed E-state index contributed by atoms with van der Waals surface area (Å²) in [5.74, 6) is -0.0167. The van der Waals surface area contributed by atoms with E-state index in [0.717, 1.165) is 16.5 Å². The molecule has 12 nitrogen and oxygen atoms in total. The lowest BCUT2D eigenvalue weighted by atomic mass is 10.1. The molecule has 4 aromatic rings. The first-order valence-electron chi connectivity index (χ1n) is 9.71. The first-order chi connectivity index (χ1) is 16.6. The van der Waals surface area contributed by atoms with Crippen molar-refractivity contribution in [3.63, 3.8) is 0 Å². The van der Waals surface area contributed by atoms with Crippen LogP contribution in [0.25, 0.3) is 42.4 Å². The van der Waals surface area contributed by atoms with Crippen molar-refractivity contribution >= 4 is 28.0 Å². The molecule has 0 atom stereocenters. The molecule has 13 heteroatoms. The summed E-state index contributed by atoms with van der Waals surface area (Å²) in [6.07, 6.45) is 1.86. The Labute approximate surface area is 196 Å². The highest BCUT2D eigenvalue weighted by Crippen LogP contribution is 2.39. The Bertz CT molecular complexity index is 1450. The highest BCUT2D eigenvalue weighted by molar-refractivity contribution is 7.13. The Morgan fingerprint density at radius 3 is 2.62 bits per heavy atom. The van der Waals surface area contributed by atoms with E-state index < -0.39 is 0 Å². The third kappa shape index (κ3) is 4.71. The van der Waals surface area contributed by atoms with Gasteiger partial charge in [0.15, 0.2) is 25.0 Å². The Morgan fingerprint density at radius 1 is 1.09 bits per heavy atom. The van der Waals surface area contributed by atoms with Crippen LogP contribution in [0.3, 0.4) is 0 Å². The Balaban J connectivity index is 1.67. The maximum atomic E-state index is 13.2. The lowest BCUT2D eigenvalue weighted by Crippen LogP contribution is -2.06. The maximum Gasteiger partial charge on any atom is 0.212 e. The van der Waals surface area contributed by atoms with E-state index in [1.165, 1.54) is 30.6 Å². The first-order valence-corrected chi connectivity index (χ1v) is 10.6. The third-order valence-corrected chi connectivity index (χ3v) is 5.60. The number of carbonyl (C=O) groups is 1. The van der Waals surface area contributed by atoms with Crippen LogP contribution in [0.15, 0.2) is 58.2 Å². The molecule has 4 rings (SSSR count). The number of aromatic amines is 1. The van der Waals surface area contributed by atoms with Crippen LogP contribution in [-0.2, 0) is 0 Å². The highest BCUT2D eigenvalue weighted by atomic mass is 32.1. The summed E-state index contributed by atoms with van der Waals surface area (Å²) in [6, 6.07) is 10.8. The molecular weight excluding hydrogens is 460 g/mol. The minimum Gasteiger partial charge on any atom is -0.493 e. The number of hydrogen-bond acceptors (Lipinski definition) is 8. The second kappa shape index (κ2) is 10.3. The van der Waals surface area contributed by atoms with Gasteiger partial charge in [-0.2, -0.15) is 0 Å². The molecule has 1 N–H and O–H groups in total. The van der Waals surface area contributed by atoms with Crippen molar-refractivity contribution in [3.8, 4) is 27.8 Å². The maximum absolute atomic E-state index is 13.2. The molecule has 2 aromatic heterocycles. The average molecular weight is 476 g/mol. The van der Waals surface area contributed by atoms with E-state index in [4.69, 9.17) is 25.3 Å². The summed E-state index contributed by atoms with van der Waals surface area (Å²) in [5.41, 5.74) is 19.4. The van der Waals surface area contributed by atoms with Crippen LogP contribution in [0.1, 0.15) is 16.1 Å². The Morgan fingerprint density at radius 2 is 1.85 bits per heavy atom. The van der Waals surface area contributed by atoms with Crippen molar-refractivity contribution in [1.29, 1.82) is 0 Å². The van der Waals surface area contributed by atoms with E-state index in [2.05, 4.69) is 30.0 Å². The molecule has 0 aliphatic rings. The molecule has 0 aliphatic heterocycles. The van der Waals surface area contributed by atoms with Crippen molar-refractivity contribution in [2.24, 2.45) is 10.2 Å². The average Bonchev–Trinajstić information content (AvgIpc) is 3.53. The molecule has 2 heterocycles. The van der Waals surface area contributed by atoms with Crippen molar-refractivity contribution in [2.45, 2.75) is 0 Å². The molecule has 0 aliphatic carbocycles. The molecule has 0 amide bonds. The van der Waals surface area contributed by atoms with Crippen molar-refractivity contribution in [1.82, 2.24) is 9.97 Å². The van der Waals surface area contributed by atoms with E-state index in [-0.39, 0.29) is 47.8 Å². The van der Waals surface area contributed by atoms with Gasteiger partial charge in [0, 0.05) is 43.4 Å². The van der Waals surface area contributed by atoms with Gasteiger partial charge >= 0.3 is 0 Å². The van der Waals surface area contributed by atoms with Gasteiger partial charge in [0.1, 0.15) is 10.7 Å². The number of thiazole rings is 1. The van der Waals surface area contributed by atoms with E-state index in [9.17, 15) is 4.79 Å². The second-order valence-corrected chi connectivity index (χ2v) is 7.52. The number of carbonyl (C=O) groups excluding carboxylic acids is 1. The fraction of sp³-hybridized carbons (Fsp3) is 0.143. The standard InChI is InChI=1S/C21H16N8O4S/c1-31-17-7-14(8-18(32-10-25-28-22)20(17)33-11-26-29-23)19(30)16-9-34-21(27-16)13-2-3-15-12(6-13)4-5-24-15/h2-9,24H,10-11H2,1H3. The minimum absolute atomic E-state index is 0.0802. The second-order valence-electron chi connectivity index (χ2n) is 6.66. The molecule has 2 aromatic carbocycles. The molecular formula is C21H16N8O4S. The van der Waals surface area contributed by atoms with Crippen LogP contribution in [0.5, 0.6) is 17.2 Å². The number of hydrogen-bond donors (Lipinski definition) is 1. The number of ketones is 1. The zero-order chi connectivity index (χ0) is 23.9. The molecule has 0 saturated heterocycles. The number of H-pyrrole nitrogens is 1. The zero-order valence-corrected chi connectivity index (χ0v) is 18.5. The quantitative estimate of drug-likeness (QED) is 0.131. The fourth-order valence-electron chi connectivity index (χ4n) is 3.20. The molecule has 0 radical (unpaired) electrons. The van der Waals surface area contributed by atoms with E-state index >= 15 is 0 Å². The van der Waals surface area contributed by atoms with Gasteiger partial charge in [-0.05, 0) is 47.5 Å². The lowest BCUT2D eigenvalue weighted by Gasteiger charge is -2.15. The molecule has 0 bridgehead atoms. The molecule has 0 spiro atoms. The van der Waals surface area contributed by atoms with Gasteiger partial charge in [0.05, 0.1) is 7.11 Å². The number of fused-ring (bicyclic) bond motifs is 1. The number of nitrogens with one attached hydrogen (secondary N) is 1.